The quantitative estimate of drug-likeness (QED) is 0.714. The topological polar surface area (TPSA) is 16.1 Å². The third kappa shape index (κ3) is 3.32. The van der Waals surface area contributed by atoms with Crippen LogP contribution in [0.5, 0.6) is 0 Å². The molecule has 1 saturated heterocycles. The number of hydrogen-bond acceptors (Lipinski definition) is 2. The Balaban J connectivity index is 2.36. The molecule has 0 aromatic carbocycles. The number of halogens is 4. The zero-order valence-electron chi connectivity index (χ0n) is 10.8. The Morgan fingerprint density at radius 2 is 1.95 bits per heavy atom. The van der Waals surface area contributed by atoms with Crippen molar-refractivity contribution >= 4 is 17.4 Å². The number of piperidine rings is 1. The van der Waals surface area contributed by atoms with Gasteiger partial charge in [0.25, 0.3) is 0 Å². The molecule has 6 heteroatoms. The van der Waals surface area contributed by atoms with E-state index in [4.69, 9.17) is 11.6 Å². The van der Waals surface area contributed by atoms with Crippen LogP contribution in [0.2, 0.25) is 5.15 Å². The Kier molecular flexibility index (Phi) is 3.95. The van der Waals surface area contributed by atoms with Crippen LogP contribution >= 0.6 is 11.6 Å². The third-order valence-corrected chi connectivity index (χ3v) is 3.71. The van der Waals surface area contributed by atoms with E-state index in [1.807, 2.05) is 11.8 Å². The molecular weight excluding hydrogens is 277 g/mol. The number of rotatable bonds is 1. The molecule has 0 aliphatic carbocycles. The molecule has 1 aromatic rings. The van der Waals surface area contributed by atoms with Crippen molar-refractivity contribution in [3.8, 4) is 0 Å². The molecule has 0 radical (unpaired) electrons. The van der Waals surface area contributed by atoms with Gasteiger partial charge in [0.2, 0.25) is 0 Å². The number of pyridine rings is 1. The molecule has 1 aliphatic heterocycles. The Hall–Kier alpha value is -0.970. The first-order valence-corrected chi connectivity index (χ1v) is 6.66. The summed E-state index contributed by atoms with van der Waals surface area (Å²) >= 11 is 5.72. The van der Waals surface area contributed by atoms with E-state index >= 15 is 0 Å². The van der Waals surface area contributed by atoms with Gasteiger partial charge in [-0.3, -0.25) is 0 Å². The second-order valence-electron chi connectivity index (χ2n) is 5.22. The highest BCUT2D eigenvalue weighted by Gasteiger charge is 2.33. The van der Waals surface area contributed by atoms with Gasteiger partial charge < -0.3 is 4.90 Å². The van der Waals surface area contributed by atoms with E-state index in [0.29, 0.717) is 18.3 Å². The molecule has 0 N–H and O–H groups in total. The molecule has 2 heterocycles. The van der Waals surface area contributed by atoms with Crippen LogP contribution in [0, 0.1) is 5.92 Å². The van der Waals surface area contributed by atoms with Crippen LogP contribution in [0.1, 0.15) is 32.3 Å². The zero-order chi connectivity index (χ0) is 14.2. The van der Waals surface area contributed by atoms with Crippen molar-refractivity contribution in [1.82, 2.24) is 4.98 Å². The van der Waals surface area contributed by atoms with Crippen molar-refractivity contribution in [2.45, 2.75) is 38.9 Å². The second kappa shape index (κ2) is 5.19. The first kappa shape index (κ1) is 14.4. The molecule has 0 saturated carbocycles. The van der Waals surface area contributed by atoms with Crippen LogP contribution in [-0.4, -0.2) is 17.6 Å². The summed E-state index contributed by atoms with van der Waals surface area (Å²) in [6, 6.07) is 2.13. The SMILES string of the molecule is CC1CCC(C)N(c2cc(C(F)(F)F)cc(Cl)n2)C1. The van der Waals surface area contributed by atoms with Gasteiger partial charge in [0.05, 0.1) is 5.56 Å². The van der Waals surface area contributed by atoms with E-state index < -0.39 is 11.7 Å². The van der Waals surface area contributed by atoms with Crippen molar-refractivity contribution in [2.75, 3.05) is 11.4 Å². The normalized spacial score (nSPS) is 24.6. The predicted molar refractivity (Wildman–Crippen MR) is 69.5 cm³/mol. The number of nitrogens with zero attached hydrogens (tertiary/aromatic N) is 2. The standard InChI is InChI=1S/C13H16ClF3N2/c1-8-3-4-9(2)19(7-8)12-6-10(13(15,16)17)5-11(14)18-12/h5-6,8-9H,3-4,7H2,1-2H3. The minimum absolute atomic E-state index is 0.116. The van der Waals surface area contributed by atoms with Gasteiger partial charge in [-0.05, 0) is 37.8 Å². The highest BCUT2D eigenvalue weighted by Crippen LogP contribution is 2.34. The molecule has 1 aliphatic rings. The maximum Gasteiger partial charge on any atom is 0.416 e. The van der Waals surface area contributed by atoms with Crippen LogP contribution < -0.4 is 4.90 Å². The fourth-order valence-electron chi connectivity index (χ4n) is 2.40. The van der Waals surface area contributed by atoms with Crippen molar-refractivity contribution in [1.29, 1.82) is 0 Å². The lowest BCUT2D eigenvalue weighted by Crippen LogP contribution is -2.41. The van der Waals surface area contributed by atoms with E-state index in [2.05, 4.69) is 11.9 Å². The summed E-state index contributed by atoms with van der Waals surface area (Å²) in [5, 5.41) is -0.116. The van der Waals surface area contributed by atoms with Crippen LogP contribution in [0.3, 0.4) is 0 Å². The van der Waals surface area contributed by atoms with Gasteiger partial charge in [0.1, 0.15) is 11.0 Å². The molecule has 0 spiro atoms. The molecule has 19 heavy (non-hydrogen) atoms. The van der Waals surface area contributed by atoms with Gasteiger partial charge in [0, 0.05) is 12.6 Å². The average Bonchev–Trinajstić information content (AvgIpc) is 2.30. The van der Waals surface area contributed by atoms with E-state index in [0.717, 1.165) is 25.0 Å². The van der Waals surface area contributed by atoms with Gasteiger partial charge in [0.15, 0.2) is 0 Å². The van der Waals surface area contributed by atoms with Crippen molar-refractivity contribution < 1.29 is 13.2 Å². The minimum atomic E-state index is -4.40. The molecule has 1 aromatic heterocycles. The third-order valence-electron chi connectivity index (χ3n) is 3.52. The van der Waals surface area contributed by atoms with Gasteiger partial charge in [-0.2, -0.15) is 13.2 Å². The fraction of sp³-hybridized carbons (Fsp3) is 0.615. The van der Waals surface area contributed by atoms with Crippen LogP contribution in [0.25, 0.3) is 0 Å². The smallest absolute Gasteiger partial charge is 0.354 e. The first-order valence-electron chi connectivity index (χ1n) is 6.29. The molecular formula is C13H16ClF3N2. The first-order chi connectivity index (χ1) is 8.77. The summed E-state index contributed by atoms with van der Waals surface area (Å²) in [7, 11) is 0. The summed E-state index contributed by atoms with van der Waals surface area (Å²) in [5.74, 6) is 0.769. The van der Waals surface area contributed by atoms with Gasteiger partial charge in [-0.15, -0.1) is 0 Å². The van der Waals surface area contributed by atoms with Crippen LogP contribution in [0.15, 0.2) is 12.1 Å². The second-order valence-corrected chi connectivity index (χ2v) is 5.61. The van der Waals surface area contributed by atoms with Crippen molar-refractivity contribution in [3.63, 3.8) is 0 Å². The molecule has 1 fully saturated rings. The molecule has 2 rings (SSSR count). The Bertz CT molecular complexity index is 462. The molecule has 0 amide bonds. The van der Waals surface area contributed by atoms with Crippen molar-refractivity contribution in [3.05, 3.63) is 22.8 Å². The number of alkyl halides is 3. The minimum Gasteiger partial charge on any atom is -0.354 e. The monoisotopic (exact) mass is 292 g/mol. The summed E-state index contributed by atoms with van der Waals surface area (Å²) < 4.78 is 38.4. The molecule has 2 nitrogen and oxygen atoms in total. The van der Waals surface area contributed by atoms with Crippen molar-refractivity contribution in [2.24, 2.45) is 5.92 Å². The number of hydrogen-bond donors (Lipinski definition) is 0. The number of anilines is 1. The van der Waals surface area contributed by atoms with Gasteiger partial charge >= 0.3 is 6.18 Å². The highest BCUT2D eigenvalue weighted by molar-refractivity contribution is 6.29. The fourth-order valence-corrected chi connectivity index (χ4v) is 2.61. The average molecular weight is 293 g/mol. The largest absolute Gasteiger partial charge is 0.416 e. The van der Waals surface area contributed by atoms with Crippen LogP contribution in [-0.2, 0) is 6.18 Å². The predicted octanol–water partition coefficient (Wildman–Crippen LogP) is 4.38. The van der Waals surface area contributed by atoms with Gasteiger partial charge in [-0.1, -0.05) is 18.5 Å². The Labute approximate surface area is 115 Å². The van der Waals surface area contributed by atoms with E-state index in [9.17, 15) is 13.2 Å². The maximum absolute atomic E-state index is 12.8. The van der Waals surface area contributed by atoms with E-state index in [-0.39, 0.29) is 11.2 Å². The maximum atomic E-state index is 12.8. The van der Waals surface area contributed by atoms with Crippen LogP contribution in [0.4, 0.5) is 19.0 Å². The lowest BCUT2D eigenvalue weighted by atomic mass is 9.95. The molecule has 0 bridgehead atoms. The Morgan fingerprint density at radius 1 is 1.26 bits per heavy atom. The summed E-state index contributed by atoms with van der Waals surface area (Å²) in [4.78, 5) is 5.96. The highest BCUT2D eigenvalue weighted by atomic mass is 35.5. The molecule has 106 valence electrons. The Morgan fingerprint density at radius 3 is 2.58 bits per heavy atom. The summed E-state index contributed by atoms with van der Waals surface area (Å²) in [6.07, 6.45) is -2.35. The zero-order valence-corrected chi connectivity index (χ0v) is 11.6. The van der Waals surface area contributed by atoms with Gasteiger partial charge in [-0.25, -0.2) is 4.98 Å². The molecule has 2 atom stereocenters. The lowest BCUT2D eigenvalue weighted by Gasteiger charge is -2.38. The molecule has 2 unspecified atom stereocenters. The summed E-state index contributed by atoms with van der Waals surface area (Å²) in [6.45, 7) is 4.81. The lowest BCUT2D eigenvalue weighted by molar-refractivity contribution is -0.137. The van der Waals surface area contributed by atoms with E-state index in [1.165, 1.54) is 0 Å². The summed E-state index contributed by atoms with van der Waals surface area (Å²) in [5.41, 5.74) is -0.743. The number of aromatic nitrogens is 1. The van der Waals surface area contributed by atoms with E-state index in [1.54, 1.807) is 0 Å².